The first-order chi connectivity index (χ1) is 15.1. The summed E-state index contributed by atoms with van der Waals surface area (Å²) in [7, 11) is -3.53. The lowest BCUT2D eigenvalue weighted by atomic mass is 10.1. The van der Waals surface area contributed by atoms with E-state index in [0.29, 0.717) is 24.0 Å². The molecule has 0 spiro atoms. The second-order valence-electron chi connectivity index (χ2n) is 7.56. The van der Waals surface area contributed by atoms with Crippen molar-refractivity contribution in [2.75, 3.05) is 18.5 Å². The molecule has 2 fully saturated rings. The van der Waals surface area contributed by atoms with Gasteiger partial charge in [-0.1, -0.05) is 30.3 Å². The van der Waals surface area contributed by atoms with Crippen molar-refractivity contribution in [2.24, 2.45) is 0 Å². The number of aromatic nitrogens is 2. The lowest BCUT2D eigenvalue weighted by molar-refractivity contribution is 0.0690. The monoisotopic (exact) mass is 442 g/mol. The van der Waals surface area contributed by atoms with Crippen LogP contribution in [0.3, 0.4) is 0 Å². The van der Waals surface area contributed by atoms with E-state index in [2.05, 4.69) is 20.0 Å². The van der Waals surface area contributed by atoms with Gasteiger partial charge in [-0.3, -0.25) is 0 Å². The van der Waals surface area contributed by atoms with E-state index < -0.39 is 16.1 Å². The van der Waals surface area contributed by atoms with E-state index in [1.807, 2.05) is 24.3 Å². The molecule has 1 aromatic carbocycles. The molecule has 0 unspecified atom stereocenters. The summed E-state index contributed by atoms with van der Waals surface area (Å²) in [6.07, 6.45) is 2.55. The molecule has 5 rings (SSSR count). The molecule has 2 aromatic heterocycles. The van der Waals surface area contributed by atoms with Crippen LogP contribution in [0.4, 0.5) is 5.95 Å². The van der Waals surface area contributed by atoms with E-state index in [-0.39, 0.29) is 30.6 Å². The number of sulfonamides is 1. The first kappa shape index (κ1) is 20.1. The molecule has 2 N–H and O–H groups in total. The molecule has 2 aliphatic rings. The highest BCUT2D eigenvalue weighted by atomic mass is 32.2. The van der Waals surface area contributed by atoms with Crippen LogP contribution in [0.15, 0.2) is 65.4 Å². The summed E-state index contributed by atoms with van der Waals surface area (Å²) in [5.41, 5.74) is 1.39. The predicted molar refractivity (Wildman–Crippen MR) is 113 cm³/mol. The molecule has 10 heteroatoms. The molecule has 162 valence electrons. The average molecular weight is 442 g/mol. The van der Waals surface area contributed by atoms with Gasteiger partial charge >= 0.3 is 0 Å². The van der Waals surface area contributed by atoms with Crippen molar-refractivity contribution in [1.82, 2.24) is 14.7 Å². The maximum atomic E-state index is 12.6. The van der Waals surface area contributed by atoms with Crippen molar-refractivity contribution >= 4 is 16.0 Å². The molecule has 0 aliphatic carbocycles. The van der Waals surface area contributed by atoms with Crippen LogP contribution >= 0.6 is 0 Å². The van der Waals surface area contributed by atoms with E-state index >= 15 is 0 Å². The van der Waals surface area contributed by atoms with Gasteiger partial charge in [0.15, 0.2) is 5.76 Å². The van der Waals surface area contributed by atoms with E-state index in [1.54, 1.807) is 36.7 Å². The fraction of sp³-hybridized carbons (Fsp3) is 0.333. The summed E-state index contributed by atoms with van der Waals surface area (Å²) >= 11 is 0. The Balaban J connectivity index is 1.23. The Labute approximate surface area is 179 Å². The Kier molecular flexibility index (Phi) is 5.45. The number of furan rings is 1. The number of rotatable bonds is 7. The van der Waals surface area contributed by atoms with Gasteiger partial charge in [0.05, 0.1) is 37.3 Å². The number of anilines is 1. The summed E-state index contributed by atoms with van der Waals surface area (Å²) in [6, 6.07) is 13.8. The lowest BCUT2D eigenvalue weighted by Crippen LogP contribution is -2.45. The summed E-state index contributed by atoms with van der Waals surface area (Å²) in [6.45, 7) is 0.607. The van der Waals surface area contributed by atoms with Gasteiger partial charge in [-0.05, 0) is 23.8 Å². The molecule has 0 radical (unpaired) electrons. The number of nitrogens with zero attached hydrogens (tertiary/aromatic N) is 2. The highest BCUT2D eigenvalue weighted by Gasteiger charge is 2.49. The largest absolute Gasteiger partial charge is 0.463 e. The highest BCUT2D eigenvalue weighted by Crippen LogP contribution is 2.29. The molecule has 0 amide bonds. The molecule has 0 saturated carbocycles. The van der Waals surface area contributed by atoms with Crippen molar-refractivity contribution in [1.29, 1.82) is 0 Å². The quantitative estimate of drug-likeness (QED) is 0.569. The van der Waals surface area contributed by atoms with Crippen LogP contribution < -0.4 is 10.0 Å². The van der Waals surface area contributed by atoms with E-state index in [4.69, 9.17) is 13.9 Å². The minimum atomic E-state index is -3.53. The Morgan fingerprint density at radius 1 is 0.968 bits per heavy atom. The summed E-state index contributed by atoms with van der Waals surface area (Å²) in [5, 5.41) is 3.25. The fourth-order valence-electron chi connectivity index (χ4n) is 3.95. The van der Waals surface area contributed by atoms with E-state index in [1.165, 1.54) is 0 Å². The van der Waals surface area contributed by atoms with Gasteiger partial charge in [-0.2, -0.15) is 0 Å². The molecule has 4 atom stereocenters. The Morgan fingerprint density at radius 3 is 2.52 bits per heavy atom. The number of benzene rings is 1. The average Bonchev–Trinajstić information content (AvgIpc) is 3.49. The van der Waals surface area contributed by atoms with Gasteiger partial charge in [-0.25, -0.2) is 23.1 Å². The third kappa shape index (κ3) is 4.47. The van der Waals surface area contributed by atoms with Crippen LogP contribution in [0, 0.1) is 0 Å². The van der Waals surface area contributed by atoms with Crippen LogP contribution in [-0.4, -0.2) is 55.9 Å². The molecule has 3 aromatic rings. The van der Waals surface area contributed by atoms with Gasteiger partial charge in [0.1, 0.15) is 17.9 Å². The minimum Gasteiger partial charge on any atom is -0.463 e. The lowest BCUT2D eigenvalue weighted by Gasteiger charge is -2.18. The molecule has 9 nitrogen and oxygen atoms in total. The van der Waals surface area contributed by atoms with Crippen LogP contribution in [0.5, 0.6) is 0 Å². The summed E-state index contributed by atoms with van der Waals surface area (Å²) in [5.74, 6) is 0.993. The highest BCUT2D eigenvalue weighted by molar-refractivity contribution is 7.88. The fourth-order valence-corrected chi connectivity index (χ4v) is 5.32. The van der Waals surface area contributed by atoms with E-state index in [0.717, 1.165) is 5.56 Å². The minimum absolute atomic E-state index is 0.0865. The smallest absolute Gasteiger partial charge is 0.223 e. The summed E-state index contributed by atoms with van der Waals surface area (Å²) < 4.78 is 45.1. The Morgan fingerprint density at radius 2 is 1.74 bits per heavy atom. The second-order valence-corrected chi connectivity index (χ2v) is 9.31. The SMILES string of the molecule is O=S(=O)(Cc1ccccc1)N[C@@H]1CO[C@@H]2[C@@H]1OC[C@@H]2Nc1nccc(-c2ccco2)n1. The maximum absolute atomic E-state index is 12.6. The van der Waals surface area contributed by atoms with Gasteiger partial charge in [0.25, 0.3) is 0 Å². The third-order valence-corrected chi connectivity index (χ3v) is 6.70. The molecule has 4 heterocycles. The Bertz CT molecular complexity index is 1120. The van der Waals surface area contributed by atoms with Crippen LogP contribution in [0.1, 0.15) is 5.56 Å². The molecule has 2 saturated heterocycles. The zero-order valence-electron chi connectivity index (χ0n) is 16.5. The van der Waals surface area contributed by atoms with Crippen molar-refractivity contribution < 1.29 is 22.3 Å². The zero-order valence-corrected chi connectivity index (χ0v) is 17.4. The van der Waals surface area contributed by atoms with Gasteiger partial charge in [0, 0.05) is 6.20 Å². The van der Waals surface area contributed by atoms with Crippen LogP contribution in [0.25, 0.3) is 11.5 Å². The third-order valence-electron chi connectivity index (χ3n) is 5.33. The van der Waals surface area contributed by atoms with Crippen molar-refractivity contribution in [3.8, 4) is 11.5 Å². The zero-order chi connectivity index (χ0) is 21.3. The molecular formula is C21H22N4O5S. The molecular weight excluding hydrogens is 420 g/mol. The van der Waals surface area contributed by atoms with Gasteiger partial charge < -0.3 is 19.2 Å². The molecule has 0 bridgehead atoms. The van der Waals surface area contributed by atoms with Crippen molar-refractivity contribution in [3.63, 3.8) is 0 Å². The number of ether oxygens (including phenoxy) is 2. The van der Waals surface area contributed by atoms with Gasteiger partial charge in [-0.15, -0.1) is 0 Å². The first-order valence-corrected chi connectivity index (χ1v) is 11.6. The Hall–Kier alpha value is -2.79. The first-order valence-electron chi connectivity index (χ1n) is 9.98. The standard InChI is InChI=1S/C21H22N4O5S/c26-31(27,13-14-5-2-1-3-6-14)25-17-12-30-19-16(11-29-20(17)19)24-21-22-9-8-15(23-21)18-7-4-10-28-18/h1-10,16-17,19-20,25H,11-13H2,(H,22,23,24)/t16-,17+,19-,20+/m0/s1. The van der Waals surface area contributed by atoms with Gasteiger partial charge in [0.2, 0.25) is 16.0 Å². The summed E-state index contributed by atoms with van der Waals surface area (Å²) in [4.78, 5) is 8.75. The van der Waals surface area contributed by atoms with Crippen molar-refractivity contribution in [3.05, 3.63) is 66.6 Å². The second kappa shape index (κ2) is 8.39. The molecule has 31 heavy (non-hydrogen) atoms. The molecule has 2 aliphatic heterocycles. The number of fused-ring (bicyclic) bond motifs is 1. The predicted octanol–water partition coefficient (Wildman–Crippen LogP) is 1.80. The number of hydrogen-bond acceptors (Lipinski definition) is 8. The van der Waals surface area contributed by atoms with E-state index in [9.17, 15) is 8.42 Å². The number of hydrogen-bond donors (Lipinski definition) is 2. The normalized spacial score (nSPS) is 25.4. The van der Waals surface area contributed by atoms with Crippen LogP contribution in [0.2, 0.25) is 0 Å². The maximum Gasteiger partial charge on any atom is 0.223 e. The van der Waals surface area contributed by atoms with Crippen molar-refractivity contribution in [2.45, 2.75) is 30.0 Å². The topological polar surface area (TPSA) is 116 Å². The number of nitrogens with one attached hydrogen (secondary N) is 2. The van der Waals surface area contributed by atoms with Crippen LogP contribution in [-0.2, 0) is 25.2 Å².